The van der Waals surface area contributed by atoms with Gasteiger partial charge >= 0.3 is 6.18 Å². The Morgan fingerprint density at radius 1 is 1.21 bits per heavy atom. The van der Waals surface area contributed by atoms with Gasteiger partial charge in [-0.05, 0) is 5.56 Å². The molecule has 0 aliphatic rings. The zero-order valence-corrected chi connectivity index (χ0v) is 10.7. The molecule has 1 aromatic carbocycles. The van der Waals surface area contributed by atoms with Gasteiger partial charge in [-0.1, -0.05) is 30.3 Å². The number of halogens is 3. The van der Waals surface area contributed by atoms with E-state index in [4.69, 9.17) is 5.11 Å². The Balaban J connectivity index is 2.70. The average Bonchev–Trinajstić information content (AvgIpc) is 2.34. The number of aliphatic hydroxyl groups is 1. The molecule has 0 spiro atoms. The fourth-order valence-electron chi connectivity index (χ4n) is 1.42. The number of hydrogen-bond donors (Lipinski definition) is 2. The maximum Gasteiger partial charge on any atom is 0.390 e. The smallest absolute Gasteiger partial charge is 0.390 e. The molecule has 4 nitrogen and oxygen atoms in total. The summed E-state index contributed by atoms with van der Waals surface area (Å²) in [5, 5.41) is 9.12. The molecule has 0 saturated heterocycles. The molecule has 0 bridgehead atoms. The second kappa shape index (κ2) is 6.36. The number of sulfonamides is 1. The summed E-state index contributed by atoms with van der Waals surface area (Å²) >= 11 is 0. The monoisotopic (exact) mass is 297 g/mol. The van der Waals surface area contributed by atoms with Gasteiger partial charge in [0.25, 0.3) is 0 Å². The number of nitrogens with one attached hydrogen (secondary N) is 1. The van der Waals surface area contributed by atoms with Crippen LogP contribution in [0.4, 0.5) is 13.2 Å². The molecule has 0 saturated carbocycles. The zero-order valence-electron chi connectivity index (χ0n) is 9.89. The maximum absolute atomic E-state index is 12.0. The lowest BCUT2D eigenvalue weighted by Crippen LogP contribution is -2.34. The van der Waals surface area contributed by atoms with Crippen molar-refractivity contribution in [1.82, 2.24) is 4.72 Å². The highest BCUT2D eigenvalue weighted by molar-refractivity contribution is 7.89. The summed E-state index contributed by atoms with van der Waals surface area (Å²) in [5.74, 6) is -1.06. The van der Waals surface area contributed by atoms with Crippen LogP contribution in [-0.4, -0.2) is 32.1 Å². The molecule has 19 heavy (non-hydrogen) atoms. The lowest BCUT2D eigenvalue weighted by molar-refractivity contribution is -0.130. The zero-order chi connectivity index (χ0) is 14.5. The Morgan fingerprint density at radius 2 is 1.79 bits per heavy atom. The maximum atomic E-state index is 12.0. The first kappa shape index (κ1) is 15.9. The van der Waals surface area contributed by atoms with Gasteiger partial charge in [0.05, 0.1) is 24.8 Å². The molecule has 0 radical (unpaired) electrons. The van der Waals surface area contributed by atoms with Crippen LogP contribution in [0.5, 0.6) is 0 Å². The molecular weight excluding hydrogens is 283 g/mol. The average molecular weight is 297 g/mol. The lowest BCUT2D eigenvalue weighted by atomic mass is 10.1. The van der Waals surface area contributed by atoms with Crippen molar-refractivity contribution in [2.24, 2.45) is 0 Å². The lowest BCUT2D eigenvalue weighted by Gasteiger charge is -2.17. The first-order valence-corrected chi connectivity index (χ1v) is 7.11. The highest BCUT2D eigenvalue weighted by Crippen LogP contribution is 2.21. The van der Waals surface area contributed by atoms with E-state index < -0.39 is 41.0 Å². The molecule has 0 unspecified atom stereocenters. The van der Waals surface area contributed by atoms with Gasteiger partial charge in [-0.2, -0.15) is 13.2 Å². The molecular formula is C11H14F3NO3S. The van der Waals surface area contributed by atoms with Gasteiger partial charge in [-0.3, -0.25) is 0 Å². The van der Waals surface area contributed by atoms with Crippen molar-refractivity contribution in [3.05, 3.63) is 35.9 Å². The van der Waals surface area contributed by atoms with Crippen LogP contribution in [0.15, 0.2) is 30.3 Å². The van der Waals surface area contributed by atoms with E-state index in [1.165, 1.54) is 0 Å². The van der Waals surface area contributed by atoms with E-state index >= 15 is 0 Å². The fraction of sp³-hybridized carbons (Fsp3) is 0.455. The Kier molecular flexibility index (Phi) is 5.33. The molecule has 1 atom stereocenters. The predicted octanol–water partition coefficient (Wildman–Crippen LogP) is 1.59. The van der Waals surface area contributed by atoms with E-state index in [1.54, 1.807) is 30.3 Å². The van der Waals surface area contributed by atoms with E-state index in [0.717, 1.165) is 0 Å². The number of aliphatic hydroxyl groups excluding tert-OH is 1. The molecule has 0 heterocycles. The second-order valence-electron chi connectivity index (χ2n) is 3.95. The van der Waals surface area contributed by atoms with Crippen LogP contribution in [0, 0.1) is 0 Å². The Bertz CT molecular complexity index is 488. The third kappa shape index (κ3) is 6.04. The van der Waals surface area contributed by atoms with Gasteiger partial charge in [0, 0.05) is 0 Å². The summed E-state index contributed by atoms with van der Waals surface area (Å²) in [6, 6.07) is 7.19. The summed E-state index contributed by atoms with van der Waals surface area (Å²) in [5.41, 5.74) is 0.487. The van der Waals surface area contributed by atoms with E-state index in [1.807, 2.05) is 0 Å². The van der Waals surface area contributed by atoms with Crippen LogP contribution in [-0.2, 0) is 10.0 Å². The van der Waals surface area contributed by atoms with Crippen LogP contribution in [0.1, 0.15) is 18.0 Å². The van der Waals surface area contributed by atoms with Gasteiger partial charge in [-0.15, -0.1) is 0 Å². The standard InChI is InChI=1S/C11H14F3NO3S/c12-11(13,14)6-7-19(17,18)15-10(8-16)9-4-2-1-3-5-9/h1-5,10,15-16H,6-8H2/t10-/m0/s1. The molecule has 0 amide bonds. The highest BCUT2D eigenvalue weighted by Gasteiger charge is 2.30. The minimum atomic E-state index is -4.53. The van der Waals surface area contributed by atoms with E-state index in [2.05, 4.69) is 4.72 Å². The molecule has 0 fully saturated rings. The second-order valence-corrected chi connectivity index (χ2v) is 5.82. The van der Waals surface area contributed by atoms with Gasteiger partial charge in [0.1, 0.15) is 0 Å². The SMILES string of the molecule is O=S(=O)(CCC(F)(F)F)N[C@@H](CO)c1ccccc1. The molecule has 0 aromatic heterocycles. The largest absolute Gasteiger partial charge is 0.394 e. The van der Waals surface area contributed by atoms with Crippen LogP contribution >= 0.6 is 0 Å². The number of rotatable bonds is 6. The topological polar surface area (TPSA) is 66.4 Å². The van der Waals surface area contributed by atoms with Gasteiger partial charge in [0.15, 0.2) is 0 Å². The van der Waals surface area contributed by atoms with E-state index in [-0.39, 0.29) is 0 Å². The van der Waals surface area contributed by atoms with Crippen molar-refractivity contribution in [3.63, 3.8) is 0 Å². The Labute approximate surface area is 109 Å². The third-order valence-corrected chi connectivity index (χ3v) is 3.75. The van der Waals surface area contributed by atoms with Crippen LogP contribution in [0.2, 0.25) is 0 Å². The van der Waals surface area contributed by atoms with Crippen molar-refractivity contribution in [3.8, 4) is 0 Å². The Morgan fingerprint density at radius 3 is 2.26 bits per heavy atom. The molecule has 108 valence electrons. The van der Waals surface area contributed by atoms with Crippen LogP contribution < -0.4 is 4.72 Å². The number of alkyl halides is 3. The van der Waals surface area contributed by atoms with Crippen molar-refractivity contribution in [2.45, 2.75) is 18.6 Å². The molecule has 1 aromatic rings. The van der Waals surface area contributed by atoms with Gasteiger partial charge < -0.3 is 5.11 Å². The van der Waals surface area contributed by atoms with Gasteiger partial charge in [0.2, 0.25) is 10.0 Å². The summed E-state index contributed by atoms with van der Waals surface area (Å²) in [4.78, 5) is 0. The highest BCUT2D eigenvalue weighted by atomic mass is 32.2. The minimum Gasteiger partial charge on any atom is -0.394 e. The first-order valence-electron chi connectivity index (χ1n) is 5.46. The molecule has 1 rings (SSSR count). The van der Waals surface area contributed by atoms with E-state index in [0.29, 0.717) is 5.56 Å². The first-order chi connectivity index (χ1) is 8.73. The number of hydrogen-bond acceptors (Lipinski definition) is 3. The minimum absolute atomic E-state index is 0.487. The van der Waals surface area contributed by atoms with Crippen molar-refractivity contribution in [1.29, 1.82) is 0 Å². The quantitative estimate of drug-likeness (QED) is 0.838. The summed E-state index contributed by atoms with van der Waals surface area (Å²) in [6.07, 6.45) is -5.95. The third-order valence-electron chi connectivity index (χ3n) is 2.36. The van der Waals surface area contributed by atoms with Crippen LogP contribution in [0.3, 0.4) is 0 Å². The fourth-order valence-corrected chi connectivity index (χ4v) is 2.68. The number of benzene rings is 1. The van der Waals surface area contributed by atoms with E-state index in [9.17, 15) is 21.6 Å². The predicted molar refractivity (Wildman–Crippen MR) is 63.9 cm³/mol. The molecule has 0 aliphatic heterocycles. The molecule has 2 N–H and O–H groups in total. The molecule has 0 aliphatic carbocycles. The summed E-state index contributed by atoms with van der Waals surface area (Å²) in [6.45, 7) is -0.532. The Hall–Kier alpha value is -1.12. The van der Waals surface area contributed by atoms with Gasteiger partial charge in [-0.25, -0.2) is 13.1 Å². The normalized spacial score (nSPS) is 14.3. The van der Waals surface area contributed by atoms with Crippen molar-refractivity contribution >= 4 is 10.0 Å². The van der Waals surface area contributed by atoms with Crippen molar-refractivity contribution in [2.75, 3.05) is 12.4 Å². The molecule has 8 heteroatoms. The van der Waals surface area contributed by atoms with Crippen molar-refractivity contribution < 1.29 is 26.7 Å². The summed E-state index contributed by atoms with van der Waals surface area (Å²) < 4.78 is 61.0. The van der Waals surface area contributed by atoms with Crippen LogP contribution in [0.25, 0.3) is 0 Å². The summed E-state index contributed by atoms with van der Waals surface area (Å²) in [7, 11) is -4.10.